The molecule has 1 nitrogen and oxygen atoms in total. The summed E-state index contributed by atoms with van der Waals surface area (Å²) in [5.74, 6) is 0. The molecule has 0 aliphatic carbocycles. The van der Waals surface area contributed by atoms with E-state index in [2.05, 4.69) is 71.7 Å². The molecule has 123 valence electrons. The third-order valence-electron chi connectivity index (χ3n) is 4.08. The van der Waals surface area contributed by atoms with Gasteiger partial charge >= 0.3 is 0 Å². The molecule has 0 spiro atoms. The monoisotopic (exact) mass is 499 g/mol. The van der Waals surface area contributed by atoms with Gasteiger partial charge in [-0.2, -0.15) is 0 Å². The molecule has 4 rings (SSSR count). The maximum absolute atomic E-state index is 4.39. The van der Waals surface area contributed by atoms with Crippen LogP contribution in [-0.2, 0) is 20.1 Å². The molecule has 0 aliphatic heterocycles. The minimum Gasteiger partial charge on any atom is -0.305 e. The van der Waals surface area contributed by atoms with Gasteiger partial charge in [-0.05, 0) is 22.9 Å². The summed E-state index contributed by atoms with van der Waals surface area (Å²) in [6, 6.07) is 34.5. The standard InChI is InChI=1S/C23H16N.Ir/c1-2-8-18(9-3-1)21-10-4-5-11-22(21)19-13-15-20(16-14-19)23-12-6-7-17-24-23;/h1-15,17H;/q-1;. The number of rotatable bonds is 3. The van der Waals surface area contributed by atoms with E-state index >= 15 is 0 Å². The smallest absolute Gasteiger partial charge is 0.0160 e. The van der Waals surface area contributed by atoms with Gasteiger partial charge < -0.3 is 4.98 Å². The Balaban J connectivity index is 0.00000182. The molecule has 0 saturated heterocycles. The van der Waals surface area contributed by atoms with Crippen LogP contribution in [0.15, 0.2) is 97.2 Å². The van der Waals surface area contributed by atoms with Crippen LogP contribution < -0.4 is 0 Å². The third-order valence-corrected chi connectivity index (χ3v) is 4.08. The molecule has 0 amide bonds. The minimum absolute atomic E-state index is 0. The van der Waals surface area contributed by atoms with E-state index in [9.17, 15) is 0 Å². The average Bonchev–Trinajstić information content (AvgIpc) is 2.69. The van der Waals surface area contributed by atoms with E-state index in [1.165, 1.54) is 16.7 Å². The molecular weight excluding hydrogens is 482 g/mol. The molecule has 0 N–H and O–H groups in total. The summed E-state index contributed by atoms with van der Waals surface area (Å²) in [5.41, 5.74) is 6.79. The summed E-state index contributed by atoms with van der Waals surface area (Å²) in [4.78, 5) is 4.39. The molecule has 25 heavy (non-hydrogen) atoms. The summed E-state index contributed by atoms with van der Waals surface area (Å²) in [5, 5.41) is 0. The second-order valence-electron chi connectivity index (χ2n) is 5.62. The Labute approximate surface area is 161 Å². The molecule has 2 heteroatoms. The van der Waals surface area contributed by atoms with Gasteiger partial charge in [0.25, 0.3) is 0 Å². The van der Waals surface area contributed by atoms with Crippen LogP contribution in [0.2, 0.25) is 0 Å². The van der Waals surface area contributed by atoms with E-state index in [0.29, 0.717) is 0 Å². The zero-order chi connectivity index (χ0) is 16.2. The predicted octanol–water partition coefficient (Wildman–Crippen LogP) is 5.88. The summed E-state index contributed by atoms with van der Waals surface area (Å²) in [7, 11) is 0. The molecule has 1 radical (unpaired) electrons. The van der Waals surface area contributed by atoms with E-state index in [1.54, 1.807) is 0 Å². The van der Waals surface area contributed by atoms with Gasteiger partial charge in [0.2, 0.25) is 0 Å². The zero-order valence-electron chi connectivity index (χ0n) is 13.5. The molecule has 0 unspecified atom stereocenters. The molecule has 0 aliphatic rings. The Morgan fingerprint density at radius 1 is 0.600 bits per heavy atom. The van der Waals surface area contributed by atoms with Crippen molar-refractivity contribution in [2.24, 2.45) is 0 Å². The first kappa shape index (κ1) is 17.3. The number of hydrogen-bond donors (Lipinski definition) is 0. The van der Waals surface area contributed by atoms with Crippen LogP contribution in [0.1, 0.15) is 0 Å². The number of nitrogens with zero attached hydrogens (tertiary/aromatic N) is 1. The van der Waals surface area contributed by atoms with Crippen LogP contribution in [0.4, 0.5) is 0 Å². The SMILES string of the molecule is [Ir].[c-]1cc(-c2ccccc2-c2ccccc2)ccc1-c1ccccn1. The Morgan fingerprint density at radius 3 is 1.92 bits per heavy atom. The van der Waals surface area contributed by atoms with Gasteiger partial charge in [-0.15, -0.1) is 29.8 Å². The largest absolute Gasteiger partial charge is 0.305 e. The number of benzene rings is 3. The Bertz CT molecular complexity index is 932. The van der Waals surface area contributed by atoms with Crippen molar-refractivity contribution in [2.45, 2.75) is 0 Å². The zero-order valence-corrected chi connectivity index (χ0v) is 15.9. The van der Waals surface area contributed by atoms with Gasteiger partial charge in [0.15, 0.2) is 0 Å². The van der Waals surface area contributed by atoms with Crippen molar-refractivity contribution in [3.05, 3.63) is 103 Å². The molecule has 3 aromatic carbocycles. The molecule has 0 atom stereocenters. The second kappa shape index (κ2) is 8.02. The third kappa shape index (κ3) is 3.76. The van der Waals surface area contributed by atoms with Gasteiger partial charge in [-0.25, -0.2) is 0 Å². The van der Waals surface area contributed by atoms with Gasteiger partial charge in [0, 0.05) is 26.3 Å². The van der Waals surface area contributed by atoms with Crippen LogP contribution in [-0.4, -0.2) is 4.98 Å². The van der Waals surface area contributed by atoms with Crippen molar-refractivity contribution in [2.75, 3.05) is 0 Å². The Hall–Kier alpha value is -2.54. The summed E-state index contributed by atoms with van der Waals surface area (Å²) < 4.78 is 0. The number of aromatic nitrogens is 1. The van der Waals surface area contributed by atoms with Gasteiger partial charge in [-0.3, -0.25) is 0 Å². The van der Waals surface area contributed by atoms with Crippen molar-refractivity contribution in [3.8, 4) is 33.5 Å². The second-order valence-corrected chi connectivity index (χ2v) is 5.62. The van der Waals surface area contributed by atoms with Crippen LogP contribution in [0.5, 0.6) is 0 Å². The van der Waals surface area contributed by atoms with Crippen molar-refractivity contribution < 1.29 is 20.1 Å². The maximum Gasteiger partial charge on any atom is 0.0160 e. The van der Waals surface area contributed by atoms with Crippen LogP contribution in [0.25, 0.3) is 33.5 Å². The summed E-state index contributed by atoms with van der Waals surface area (Å²) >= 11 is 0. The molecule has 4 aromatic rings. The molecule has 0 saturated carbocycles. The van der Waals surface area contributed by atoms with Crippen molar-refractivity contribution in [1.82, 2.24) is 4.98 Å². The van der Waals surface area contributed by atoms with Gasteiger partial charge in [0.05, 0.1) is 0 Å². The molecule has 0 fully saturated rings. The first-order valence-electron chi connectivity index (χ1n) is 8.00. The predicted molar refractivity (Wildman–Crippen MR) is 99.4 cm³/mol. The van der Waals surface area contributed by atoms with Crippen molar-refractivity contribution >= 4 is 0 Å². The van der Waals surface area contributed by atoms with E-state index in [1.807, 2.05) is 36.5 Å². The fourth-order valence-corrected chi connectivity index (χ4v) is 2.88. The summed E-state index contributed by atoms with van der Waals surface area (Å²) in [6.45, 7) is 0. The fourth-order valence-electron chi connectivity index (χ4n) is 2.88. The quantitative estimate of drug-likeness (QED) is 0.322. The molecule has 1 heterocycles. The first-order valence-corrected chi connectivity index (χ1v) is 8.00. The molecule has 1 aromatic heterocycles. The molecular formula is C23H16IrN-. The normalized spacial score (nSPS) is 10.1. The van der Waals surface area contributed by atoms with E-state index in [0.717, 1.165) is 16.8 Å². The minimum atomic E-state index is 0. The Kier molecular flexibility index (Phi) is 5.55. The van der Waals surface area contributed by atoms with Crippen molar-refractivity contribution in [3.63, 3.8) is 0 Å². The van der Waals surface area contributed by atoms with Gasteiger partial charge in [-0.1, -0.05) is 77.9 Å². The van der Waals surface area contributed by atoms with E-state index < -0.39 is 0 Å². The maximum atomic E-state index is 4.39. The fraction of sp³-hybridized carbons (Fsp3) is 0. The topological polar surface area (TPSA) is 12.9 Å². The Morgan fingerprint density at radius 2 is 1.28 bits per heavy atom. The molecule has 0 bridgehead atoms. The van der Waals surface area contributed by atoms with Crippen LogP contribution in [0.3, 0.4) is 0 Å². The average molecular weight is 499 g/mol. The number of hydrogen-bond acceptors (Lipinski definition) is 1. The van der Waals surface area contributed by atoms with Crippen molar-refractivity contribution in [1.29, 1.82) is 0 Å². The first-order chi connectivity index (χ1) is 11.9. The van der Waals surface area contributed by atoms with Crippen LogP contribution >= 0.6 is 0 Å². The van der Waals surface area contributed by atoms with Crippen LogP contribution in [0, 0.1) is 6.07 Å². The number of pyridine rings is 1. The summed E-state index contributed by atoms with van der Waals surface area (Å²) in [6.07, 6.45) is 1.81. The van der Waals surface area contributed by atoms with E-state index in [-0.39, 0.29) is 20.1 Å². The van der Waals surface area contributed by atoms with Gasteiger partial charge in [0.1, 0.15) is 0 Å². The van der Waals surface area contributed by atoms with E-state index in [4.69, 9.17) is 0 Å².